The van der Waals surface area contributed by atoms with Crippen molar-refractivity contribution in [3.05, 3.63) is 64.2 Å². The first kappa shape index (κ1) is 15.4. The van der Waals surface area contributed by atoms with E-state index in [2.05, 4.69) is 5.10 Å². The SMILES string of the molecule is O=[N+]([O-])c1ccc(S(=O)(=O)N/N=C/c2ccccc2O)cc1. The second kappa shape index (κ2) is 6.22. The Bertz CT molecular complexity index is 816. The lowest BCUT2D eigenvalue weighted by atomic mass is 10.2. The Morgan fingerprint density at radius 3 is 2.36 bits per heavy atom. The average Bonchev–Trinajstić information content (AvgIpc) is 2.49. The van der Waals surface area contributed by atoms with Crippen molar-refractivity contribution in [2.45, 2.75) is 4.90 Å². The first-order chi connectivity index (χ1) is 10.4. The van der Waals surface area contributed by atoms with Crippen LogP contribution in [0.25, 0.3) is 0 Å². The van der Waals surface area contributed by atoms with Gasteiger partial charge in [0.25, 0.3) is 15.7 Å². The maximum absolute atomic E-state index is 11.9. The van der Waals surface area contributed by atoms with Crippen LogP contribution < -0.4 is 4.83 Å². The number of nitro groups is 1. The third kappa shape index (κ3) is 3.58. The molecule has 0 saturated heterocycles. The summed E-state index contributed by atoms with van der Waals surface area (Å²) in [6.45, 7) is 0. The fraction of sp³-hybridized carbons (Fsp3) is 0. The van der Waals surface area contributed by atoms with Crippen LogP contribution in [0, 0.1) is 10.1 Å². The van der Waals surface area contributed by atoms with Gasteiger partial charge in [-0.25, -0.2) is 4.83 Å². The van der Waals surface area contributed by atoms with E-state index in [4.69, 9.17) is 0 Å². The summed E-state index contributed by atoms with van der Waals surface area (Å²) in [7, 11) is -3.94. The molecule has 2 rings (SSSR count). The van der Waals surface area contributed by atoms with Crippen LogP contribution in [0.15, 0.2) is 58.5 Å². The molecule has 0 aliphatic rings. The molecule has 0 heterocycles. The third-order valence-corrected chi connectivity index (χ3v) is 3.91. The van der Waals surface area contributed by atoms with Crippen molar-refractivity contribution in [1.29, 1.82) is 0 Å². The number of benzene rings is 2. The monoisotopic (exact) mass is 321 g/mol. The normalized spacial score (nSPS) is 11.5. The van der Waals surface area contributed by atoms with Crippen molar-refractivity contribution < 1.29 is 18.4 Å². The van der Waals surface area contributed by atoms with Crippen LogP contribution in [-0.2, 0) is 10.0 Å². The highest BCUT2D eigenvalue weighted by Gasteiger charge is 2.14. The fourth-order valence-electron chi connectivity index (χ4n) is 1.56. The molecule has 0 amide bonds. The predicted octanol–water partition coefficient (Wildman–Crippen LogP) is 1.61. The molecule has 0 saturated carbocycles. The van der Waals surface area contributed by atoms with Crippen LogP contribution in [0.3, 0.4) is 0 Å². The highest BCUT2D eigenvalue weighted by atomic mass is 32.2. The molecule has 0 bridgehead atoms. The van der Waals surface area contributed by atoms with Crippen molar-refractivity contribution in [1.82, 2.24) is 4.83 Å². The highest BCUT2D eigenvalue weighted by Crippen LogP contribution is 2.16. The van der Waals surface area contributed by atoms with Crippen LogP contribution in [0.1, 0.15) is 5.56 Å². The van der Waals surface area contributed by atoms with E-state index in [-0.39, 0.29) is 16.3 Å². The van der Waals surface area contributed by atoms with Crippen LogP contribution in [-0.4, -0.2) is 24.7 Å². The standard InChI is InChI=1S/C13H11N3O5S/c17-13-4-2-1-3-10(13)9-14-15-22(20,21)12-7-5-11(6-8-12)16(18)19/h1-9,15,17H/b14-9+. The molecule has 0 aromatic heterocycles. The number of aromatic hydroxyl groups is 1. The average molecular weight is 321 g/mol. The molecule has 2 N–H and O–H groups in total. The van der Waals surface area contributed by atoms with Gasteiger partial charge in [0.1, 0.15) is 5.75 Å². The van der Waals surface area contributed by atoms with Gasteiger partial charge in [-0.3, -0.25) is 10.1 Å². The molecule has 2 aromatic carbocycles. The van der Waals surface area contributed by atoms with E-state index in [9.17, 15) is 23.6 Å². The zero-order valence-electron chi connectivity index (χ0n) is 11.1. The molecule has 0 spiro atoms. The third-order valence-electron chi connectivity index (χ3n) is 2.67. The Morgan fingerprint density at radius 1 is 1.14 bits per heavy atom. The summed E-state index contributed by atoms with van der Waals surface area (Å²) < 4.78 is 23.9. The number of nitro benzene ring substituents is 1. The van der Waals surface area contributed by atoms with Gasteiger partial charge in [-0.1, -0.05) is 12.1 Å². The molecule has 9 heteroatoms. The number of hydrogen-bond donors (Lipinski definition) is 2. The lowest BCUT2D eigenvalue weighted by molar-refractivity contribution is -0.384. The second-order valence-electron chi connectivity index (χ2n) is 4.16. The van der Waals surface area contributed by atoms with E-state index in [0.717, 1.165) is 30.5 Å². The molecule has 0 aliphatic heterocycles. The Hall–Kier alpha value is -2.94. The van der Waals surface area contributed by atoms with Crippen molar-refractivity contribution in [2.75, 3.05) is 0 Å². The number of rotatable bonds is 5. The summed E-state index contributed by atoms with van der Waals surface area (Å²) >= 11 is 0. The van der Waals surface area contributed by atoms with E-state index < -0.39 is 14.9 Å². The van der Waals surface area contributed by atoms with Gasteiger partial charge in [-0.2, -0.15) is 13.5 Å². The Morgan fingerprint density at radius 2 is 1.77 bits per heavy atom. The molecular formula is C13H11N3O5S. The number of nitrogens with zero attached hydrogens (tertiary/aromatic N) is 2. The number of hydrogen-bond acceptors (Lipinski definition) is 6. The lowest BCUT2D eigenvalue weighted by Gasteiger charge is -2.03. The number of non-ortho nitro benzene ring substituents is 1. The van der Waals surface area contributed by atoms with Crippen molar-refractivity contribution >= 4 is 21.9 Å². The number of nitrogens with one attached hydrogen (secondary N) is 1. The van der Waals surface area contributed by atoms with E-state index >= 15 is 0 Å². The predicted molar refractivity (Wildman–Crippen MR) is 79.1 cm³/mol. The van der Waals surface area contributed by atoms with Gasteiger partial charge in [-0.05, 0) is 24.3 Å². The number of para-hydroxylation sites is 1. The maximum atomic E-state index is 11.9. The van der Waals surface area contributed by atoms with Crippen LogP contribution in [0.2, 0.25) is 0 Å². The molecule has 22 heavy (non-hydrogen) atoms. The second-order valence-corrected chi connectivity index (χ2v) is 5.82. The van der Waals surface area contributed by atoms with Gasteiger partial charge in [0.15, 0.2) is 0 Å². The molecule has 0 radical (unpaired) electrons. The fourth-order valence-corrected chi connectivity index (χ4v) is 2.35. The van der Waals surface area contributed by atoms with Gasteiger partial charge in [0, 0.05) is 17.7 Å². The van der Waals surface area contributed by atoms with E-state index in [1.165, 1.54) is 6.07 Å². The zero-order chi connectivity index (χ0) is 16.2. The summed E-state index contributed by atoms with van der Waals surface area (Å²) in [5, 5.41) is 23.6. The summed E-state index contributed by atoms with van der Waals surface area (Å²) in [6, 6.07) is 10.7. The Labute approximate surface area is 125 Å². The molecule has 0 aliphatic carbocycles. The quantitative estimate of drug-likeness (QED) is 0.492. The first-order valence-corrected chi connectivity index (χ1v) is 7.46. The van der Waals surface area contributed by atoms with Crippen LogP contribution >= 0.6 is 0 Å². The maximum Gasteiger partial charge on any atom is 0.276 e. The minimum Gasteiger partial charge on any atom is -0.507 e. The Kier molecular flexibility index (Phi) is 4.37. The molecule has 8 nitrogen and oxygen atoms in total. The van der Waals surface area contributed by atoms with Crippen LogP contribution in [0.5, 0.6) is 5.75 Å². The minimum absolute atomic E-state index is 0.0409. The van der Waals surface area contributed by atoms with Gasteiger partial charge in [-0.15, -0.1) is 0 Å². The van der Waals surface area contributed by atoms with Crippen molar-refractivity contribution in [2.24, 2.45) is 5.10 Å². The molecule has 114 valence electrons. The summed E-state index contributed by atoms with van der Waals surface area (Å²) in [4.78, 5) is 11.7. The smallest absolute Gasteiger partial charge is 0.276 e. The molecule has 0 fully saturated rings. The summed E-state index contributed by atoms with van der Waals surface area (Å²) in [6.07, 6.45) is 1.15. The van der Waals surface area contributed by atoms with Crippen LogP contribution in [0.4, 0.5) is 5.69 Å². The van der Waals surface area contributed by atoms with Gasteiger partial charge >= 0.3 is 0 Å². The number of hydrazone groups is 1. The number of sulfonamides is 1. The summed E-state index contributed by atoms with van der Waals surface area (Å²) in [5.74, 6) is -0.0409. The van der Waals surface area contributed by atoms with Crippen molar-refractivity contribution in [3.63, 3.8) is 0 Å². The highest BCUT2D eigenvalue weighted by molar-refractivity contribution is 7.89. The van der Waals surface area contributed by atoms with Crippen molar-refractivity contribution in [3.8, 4) is 5.75 Å². The minimum atomic E-state index is -3.94. The zero-order valence-corrected chi connectivity index (χ0v) is 11.9. The van der Waals surface area contributed by atoms with E-state index in [1.54, 1.807) is 18.2 Å². The van der Waals surface area contributed by atoms with Gasteiger partial charge in [0.05, 0.1) is 16.0 Å². The number of phenols is 1. The largest absolute Gasteiger partial charge is 0.507 e. The van der Waals surface area contributed by atoms with Gasteiger partial charge < -0.3 is 5.11 Å². The molecule has 0 unspecified atom stereocenters. The van der Waals surface area contributed by atoms with E-state index in [1.807, 2.05) is 4.83 Å². The first-order valence-electron chi connectivity index (χ1n) is 5.97. The van der Waals surface area contributed by atoms with Gasteiger partial charge in [0.2, 0.25) is 0 Å². The number of phenolic OH excluding ortho intramolecular Hbond substituents is 1. The molecular weight excluding hydrogens is 310 g/mol. The summed E-state index contributed by atoms with van der Waals surface area (Å²) in [5.41, 5.74) is 0.130. The topological polar surface area (TPSA) is 122 Å². The lowest BCUT2D eigenvalue weighted by Crippen LogP contribution is -2.18. The Balaban J connectivity index is 2.14. The molecule has 2 aromatic rings. The van der Waals surface area contributed by atoms with E-state index in [0.29, 0.717) is 5.56 Å². The molecule has 0 atom stereocenters.